The van der Waals surface area contributed by atoms with Crippen LogP contribution in [0.1, 0.15) is 30.9 Å². The van der Waals surface area contributed by atoms with Gasteiger partial charge in [-0.25, -0.2) is 4.39 Å². The topological polar surface area (TPSA) is 45.0 Å². The number of rotatable bonds is 8. The van der Waals surface area contributed by atoms with Crippen LogP contribution in [0, 0.1) is 17.1 Å². The van der Waals surface area contributed by atoms with Gasteiger partial charge >= 0.3 is 0 Å². The Morgan fingerprint density at radius 3 is 2.89 bits per heavy atom. The summed E-state index contributed by atoms with van der Waals surface area (Å²) in [5.74, 6) is -0.330. The molecular weight excluding hydrogens is 231 g/mol. The molecule has 0 heterocycles. The number of halogens is 1. The van der Waals surface area contributed by atoms with Gasteiger partial charge in [0.15, 0.2) is 0 Å². The van der Waals surface area contributed by atoms with Gasteiger partial charge in [0.1, 0.15) is 5.82 Å². The lowest BCUT2D eigenvalue weighted by Crippen LogP contribution is -2.17. The summed E-state index contributed by atoms with van der Waals surface area (Å²) in [4.78, 5) is 0. The van der Waals surface area contributed by atoms with Crippen molar-refractivity contribution in [1.82, 2.24) is 5.32 Å². The summed E-state index contributed by atoms with van der Waals surface area (Å²) in [7, 11) is 0. The summed E-state index contributed by atoms with van der Waals surface area (Å²) in [6, 6.07) is 6.46. The van der Waals surface area contributed by atoms with Crippen LogP contribution in [0.3, 0.4) is 0 Å². The van der Waals surface area contributed by atoms with E-state index in [9.17, 15) is 4.39 Å². The minimum Gasteiger partial charge on any atom is -0.381 e. The van der Waals surface area contributed by atoms with E-state index in [1.54, 1.807) is 12.1 Å². The minimum atomic E-state index is -0.330. The van der Waals surface area contributed by atoms with E-state index in [1.165, 1.54) is 6.07 Å². The highest BCUT2D eigenvalue weighted by atomic mass is 19.1. The molecule has 0 aliphatic rings. The van der Waals surface area contributed by atoms with Crippen molar-refractivity contribution in [3.8, 4) is 6.07 Å². The van der Waals surface area contributed by atoms with Crippen LogP contribution in [0.5, 0.6) is 0 Å². The second-order valence-electron chi connectivity index (χ2n) is 4.06. The first kappa shape index (κ1) is 14.6. The molecule has 0 atom stereocenters. The first-order valence-electron chi connectivity index (χ1n) is 6.25. The molecule has 0 aliphatic heterocycles. The summed E-state index contributed by atoms with van der Waals surface area (Å²) >= 11 is 0. The zero-order chi connectivity index (χ0) is 13.2. The molecule has 0 saturated heterocycles. The molecule has 4 heteroatoms. The van der Waals surface area contributed by atoms with E-state index in [2.05, 4.69) is 12.2 Å². The van der Waals surface area contributed by atoms with Gasteiger partial charge in [0, 0.05) is 25.3 Å². The van der Waals surface area contributed by atoms with Gasteiger partial charge in [0.2, 0.25) is 0 Å². The molecule has 1 rings (SSSR count). The van der Waals surface area contributed by atoms with E-state index < -0.39 is 0 Å². The summed E-state index contributed by atoms with van der Waals surface area (Å²) in [6.07, 6.45) is 1.95. The quantitative estimate of drug-likeness (QED) is 0.721. The van der Waals surface area contributed by atoms with Crippen LogP contribution >= 0.6 is 0 Å². The first-order chi connectivity index (χ1) is 8.77. The van der Waals surface area contributed by atoms with Crippen molar-refractivity contribution in [3.05, 3.63) is 35.1 Å². The number of hydrogen-bond acceptors (Lipinski definition) is 3. The average Bonchev–Trinajstić information content (AvgIpc) is 2.39. The molecule has 98 valence electrons. The largest absolute Gasteiger partial charge is 0.381 e. The standard InChI is InChI=1S/C14H19FN2O/c1-2-7-18-8-3-6-17-11-13-5-4-12(10-16)9-14(13)15/h4-5,9,17H,2-3,6-8,11H2,1H3. The van der Waals surface area contributed by atoms with Crippen molar-refractivity contribution >= 4 is 0 Å². The molecule has 1 N–H and O–H groups in total. The first-order valence-corrected chi connectivity index (χ1v) is 6.25. The van der Waals surface area contributed by atoms with Crippen LogP contribution in [0.2, 0.25) is 0 Å². The van der Waals surface area contributed by atoms with E-state index >= 15 is 0 Å². The van der Waals surface area contributed by atoms with Crippen LogP contribution in [0.25, 0.3) is 0 Å². The predicted octanol–water partition coefficient (Wildman–Crippen LogP) is 2.60. The fourth-order valence-electron chi connectivity index (χ4n) is 1.53. The van der Waals surface area contributed by atoms with E-state index in [0.29, 0.717) is 17.7 Å². The van der Waals surface area contributed by atoms with Gasteiger partial charge < -0.3 is 10.1 Å². The van der Waals surface area contributed by atoms with Crippen LogP contribution in [0.15, 0.2) is 18.2 Å². The van der Waals surface area contributed by atoms with Gasteiger partial charge in [-0.15, -0.1) is 0 Å². The smallest absolute Gasteiger partial charge is 0.129 e. The Morgan fingerprint density at radius 1 is 1.39 bits per heavy atom. The number of nitrogens with one attached hydrogen (secondary N) is 1. The fraction of sp³-hybridized carbons (Fsp3) is 0.500. The Bertz CT molecular complexity index is 401. The van der Waals surface area contributed by atoms with Crippen LogP contribution in [-0.4, -0.2) is 19.8 Å². The Balaban J connectivity index is 2.21. The van der Waals surface area contributed by atoms with Crippen molar-refractivity contribution < 1.29 is 9.13 Å². The van der Waals surface area contributed by atoms with Crippen molar-refractivity contribution in [2.24, 2.45) is 0 Å². The number of benzene rings is 1. The molecule has 18 heavy (non-hydrogen) atoms. The molecule has 0 saturated carbocycles. The number of nitriles is 1. The summed E-state index contributed by atoms with van der Waals surface area (Å²) in [5, 5.41) is 11.8. The van der Waals surface area contributed by atoms with Crippen molar-refractivity contribution in [2.75, 3.05) is 19.8 Å². The highest BCUT2D eigenvalue weighted by Gasteiger charge is 2.02. The maximum absolute atomic E-state index is 13.5. The maximum atomic E-state index is 13.5. The molecule has 0 bridgehead atoms. The highest BCUT2D eigenvalue weighted by molar-refractivity contribution is 5.32. The van der Waals surface area contributed by atoms with Gasteiger partial charge in [-0.3, -0.25) is 0 Å². The third kappa shape index (κ3) is 5.26. The second-order valence-corrected chi connectivity index (χ2v) is 4.06. The minimum absolute atomic E-state index is 0.330. The number of ether oxygens (including phenoxy) is 1. The summed E-state index contributed by atoms with van der Waals surface area (Å²) in [5.41, 5.74) is 0.938. The van der Waals surface area contributed by atoms with Gasteiger partial charge in [-0.1, -0.05) is 13.0 Å². The molecule has 0 radical (unpaired) electrons. The number of nitrogens with zero attached hydrogens (tertiary/aromatic N) is 1. The molecule has 0 spiro atoms. The second kappa shape index (κ2) is 8.62. The van der Waals surface area contributed by atoms with Gasteiger partial charge in [-0.05, 0) is 31.5 Å². The zero-order valence-corrected chi connectivity index (χ0v) is 10.7. The lowest BCUT2D eigenvalue weighted by Gasteiger charge is -2.06. The van der Waals surface area contributed by atoms with E-state index in [4.69, 9.17) is 10.00 Å². The van der Waals surface area contributed by atoms with Gasteiger partial charge in [0.05, 0.1) is 11.6 Å². The normalized spacial score (nSPS) is 10.3. The molecule has 0 amide bonds. The van der Waals surface area contributed by atoms with Gasteiger partial charge in [-0.2, -0.15) is 5.26 Å². The molecule has 3 nitrogen and oxygen atoms in total. The third-order valence-corrected chi connectivity index (χ3v) is 2.49. The Hall–Kier alpha value is -1.44. The van der Waals surface area contributed by atoms with E-state index in [0.717, 1.165) is 32.6 Å². The summed E-state index contributed by atoms with van der Waals surface area (Å²) in [6.45, 7) is 4.88. The molecule has 0 fully saturated rings. The zero-order valence-electron chi connectivity index (χ0n) is 10.7. The van der Waals surface area contributed by atoms with E-state index in [1.807, 2.05) is 6.07 Å². The number of hydrogen-bond donors (Lipinski definition) is 1. The van der Waals surface area contributed by atoms with E-state index in [-0.39, 0.29) is 5.82 Å². The summed E-state index contributed by atoms with van der Waals surface area (Å²) < 4.78 is 18.8. The maximum Gasteiger partial charge on any atom is 0.129 e. The van der Waals surface area contributed by atoms with Crippen LogP contribution in [-0.2, 0) is 11.3 Å². The molecule has 0 aromatic heterocycles. The Morgan fingerprint density at radius 2 is 2.22 bits per heavy atom. The molecule has 0 aliphatic carbocycles. The van der Waals surface area contributed by atoms with Crippen LogP contribution < -0.4 is 5.32 Å². The molecule has 0 unspecified atom stereocenters. The van der Waals surface area contributed by atoms with Crippen molar-refractivity contribution in [3.63, 3.8) is 0 Å². The molecule has 1 aromatic carbocycles. The van der Waals surface area contributed by atoms with Crippen molar-refractivity contribution in [1.29, 1.82) is 5.26 Å². The predicted molar refractivity (Wildman–Crippen MR) is 68.5 cm³/mol. The SMILES string of the molecule is CCCOCCCNCc1ccc(C#N)cc1F. The monoisotopic (exact) mass is 250 g/mol. The lowest BCUT2D eigenvalue weighted by molar-refractivity contribution is 0.132. The highest BCUT2D eigenvalue weighted by Crippen LogP contribution is 2.09. The molecular formula is C14H19FN2O. The third-order valence-electron chi connectivity index (χ3n) is 2.49. The lowest BCUT2D eigenvalue weighted by atomic mass is 10.1. The Kier molecular flexibility index (Phi) is 7.00. The average molecular weight is 250 g/mol. The Labute approximate surface area is 108 Å². The van der Waals surface area contributed by atoms with Crippen LogP contribution in [0.4, 0.5) is 4.39 Å². The fourth-order valence-corrected chi connectivity index (χ4v) is 1.53. The molecule has 1 aromatic rings. The van der Waals surface area contributed by atoms with Gasteiger partial charge in [0.25, 0.3) is 0 Å². The van der Waals surface area contributed by atoms with Crippen molar-refractivity contribution in [2.45, 2.75) is 26.3 Å².